The standard InChI is InChI=1S/C20H30N4O3/c1-15(25)22-16-7-8-18(27-2)17(13-16)23-19(26)21-14-20(9-3-4-10-20)24-11-5-6-12-24/h7-8,13H,3-6,9-12,14H2,1-2H3,(H,22,25)(H2,21,23,26). The maximum atomic E-state index is 12.5. The number of urea groups is 1. The second-order valence-electron chi connectivity index (χ2n) is 7.53. The van der Waals surface area contributed by atoms with Crippen LogP contribution < -0.4 is 20.7 Å². The van der Waals surface area contributed by atoms with Gasteiger partial charge in [0.15, 0.2) is 0 Å². The van der Waals surface area contributed by atoms with Crippen LogP contribution in [0.4, 0.5) is 16.2 Å². The number of nitrogens with one attached hydrogen (secondary N) is 3. The van der Waals surface area contributed by atoms with Crippen LogP contribution >= 0.6 is 0 Å². The van der Waals surface area contributed by atoms with E-state index >= 15 is 0 Å². The van der Waals surface area contributed by atoms with E-state index in [2.05, 4.69) is 20.9 Å². The van der Waals surface area contributed by atoms with E-state index in [-0.39, 0.29) is 17.5 Å². The van der Waals surface area contributed by atoms with Crippen molar-refractivity contribution in [1.29, 1.82) is 0 Å². The summed E-state index contributed by atoms with van der Waals surface area (Å²) < 4.78 is 5.32. The fourth-order valence-corrected chi connectivity index (χ4v) is 4.33. The molecule has 0 atom stereocenters. The molecule has 2 fully saturated rings. The van der Waals surface area contributed by atoms with Gasteiger partial charge in [-0.1, -0.05) is 12.8 Å². The molecule has 0 spiro atoms. The van der Waals surface area contributed by atoms with Crippen molar-refractivity contribution in [3.8, 4) is 5.75 Å². The molecule has 1 saturated heterocycles. The van der Waals surface area contributed by atoms with Crippen LogP contribution in [0, 0.1) is 0 Å². The second-order valence-corrected chi connectivity index (χ2v) is 7.53. The summed E-state index contributed by atoms with van der Waals surface area (Å²) in [7, 11) is 1.55. The average Bonchev–Trinajstić information content (AvgIpc) is 3.32. The van der Waals surface area contributed by atoms with E-state index in [4.69, 9.17) is 4.74 Å². The molecule has 27 heavy (non-hydrogen) atoms. The molecule has 3 rings (SSSR count). The molecule has 148 valence electrons. The van der Waals surface area contributed by atoms with Gasteiger partial charge in [-0.2, -0.15) is 0 Å². The van der Waals surface area contributed by atoms with Gasteiger partial charge in [0.1, 0.15) is 5.75 Å². The Balaban J connectivity index is 1.63. The van der Waals surface area contributed by atoms with Crippen LogP contribution in [-0.2, 0) is 4.79 Å². The summed E-state index contributed by atoms with van der Waals surface area (Å²) in [4.78, 5) is 26.4. The molecule has 0 unspecified atom stereocenters. The summed E-state index contributed by atoms with van der Waals surface area (Å²) in [6.45, 7) is 4.38. The topological polar surface area (TPSA) is 82.7 Å². The highest BCUT2D eigenvalue weighted by molar-refractivity contribution is 5.94. The summed E-state index contributed by atoms with van der Waals surface area (Å²) in [5, 5.41) is 8.65. The Kier molecular flexibility index (Phi) is 6.21. The largest absolute Gasteiger partial charge is 0.495 e. The molecule has 1 aromatic rings. The number of hydrogen-bond acceptors (Lipinski definition) is 4. The third-order valence-electron chi connectivity index (χ3n) is 5.66. The summed E-state index contributed by atoms with van der Waals surface area (Å²) >= 11 is 0. The number of benzene rings is 1. The maximum Gasteiger partial charge on any atom is 0.319 e. The van der Waals surface area contributed by atoms with Crippen molar-refractivity contribution in [3.05, 3.63) is 18.2 Å². The molecule has 7 nitrogen and oxygen atoms in total. The molecule has 0 aromatic heterocycles. The molecular weight excluding hydrogens is 344 g/mol. The first-order valence-electron chi connectivity index (χ1n) is 9.78. The van der Waals surface area contributed by atoms with Gasteiger partial charge in [0.05, 0.1) is 12.8 Å². The summed E-state index contributed by atoms with van der Waals surface area (Å²) in [5.74, 6) is 0.388. The van der Waals surface area contributed by atoms with Crippen LogP contribution in [0.5, 0.6) is 5.75 Å². The molecule has 0 bridgehead atoms. The van der Waals surface area contributed by atoms with Gasteiger partial charge in [0, 0.05) is 24.7 Å². The zero-order valence-corrected chi connectivity index (χ0v) is 16.3. The zero-order valence-electron chi connectivity index (χ0n) is 16.3. The van der Waals surface area contributed by atoms with E-state index < -0.39 is 0 Å². The molecular formula is C20H30N4O3. The minimum absolute atomic E-state index is 0.107. The van der Waals surface area contributed by atoms with Crippen molar-refractivity contribution in [1.82, 2.24) is 10.2 Å². The van der Waals surface area contributed by atoms with Crippen molar-refractivity contribution < 1.29 is 14.3 Å². The number of hydrogen-bond donors (Lipinski definition) is 3. The summed E-state index contributed by atoms with van der Waals surface area (Å²) in [6, 6.07) is 4.91. The monoisotopic (exact) mass is 374 g/mol. The normalized spacial score (nSPS) is 18.9. The van der Waals surface area contributed by atoms with E-state index in [1.54, 1.807) is 25.3 Å². The lowest BCUT2D eigenvalue weighted by molar-refractivity contribution is -0.114. The third kappa shape index (κ3) is 4.71. The SMILES string of the molecule is COc1ccc(NC(C)=O)cc1NC(=O)NCC1(N2CCCC2)CCCC1. The van der Waals surface area contributed by atoms with Gasteiger partial charge >= 0.3 is 6.03 Å². The number of nitrogens with zero attached hydrogens (tertiary/aromatic N) is 1. The van der Waals surface area contributed by atoms with Crippen LogP contribution in [0.3, 0.4) is 0 Å². The Morgan fingerprint density at radius 3 is 2.44 bits per heavy atom. The van der Waals surface area contributed by atoms with Crippen LogP contribution in [-0.4, -0.2) is 49.1 Å². The van der Waals surface area contributed by atoms with E-state index in [0.29, 0.717) is 23.7 Å². The molecule has 1 heterocycles. The van der Waals surface area contributed by atoms with Crippen molar-refractivity contribution in [2.24, 2.45) is 0 Å². The number of carbonyl (C=O) groups is 2. The van der Waals surface area contributed by atoms with Crippen molar-refractivity contribution in [3.63, 3.8) is 0 Å². The Morgan fingerprint density at radius 2 is 1.81 bits per heavy atom. The molecule has 3 amide bonds. The Hall–Kier alpha value is -2.28. The van der Waals surface area contributed by atoms with E-state index in [1.807, 2.05) is 0 Å². The van der Waals surface area contributed by atoms with Gasteiger partial charge < -0.3 is 20.7 Å². The number of methoxy groups -OCH3 is 1. The van der Waals surface area contributed by atoms with Gasteiger partial charge in [-0.25, -0.2) is 4.79 Å². The van der Waals surface area contributed by atoms with Crippen molar-refractivity contribution >= 4 is 23.3 Å². The van der Waals surface area contributed by atoms with Gasteiger partial charge in [-0.3, -0.25) is 9.69 Å². The number of likely N-dealkylation sites (tertiary alicyclic amines) is 1. The smallest absolute Gasteiger partial charge is 0.319 e. The number of ether oxygens (including phenoxy) is 1. The van der Waals surface area contributed by atoms with Crippen molar-refractivity contribution in [2.45, 2.75) is 51.0 Å². The quantitative estimate of drug-likeness (QED) is 0.714. The van der Waals surface area contributed by atoms with E-state index in [0.717, 1.165) is 25.9 Å². The molecule has 0 radical (unpaired) electrons. The predicted octanol–water partition coefficient (Wildman–Crippen LogP) is 3.18. The van der Waals surface area contributed by atoms with Crippen LogP contribution in [0.2, 0.25) is 0 Å². The lowest BCUT2D eigenvalue weighted by atomic mass is 9.95. The highest BCUT2D eigenvalue weighted by atomic mass is 16.5. The van der Waals surface area contributed by atoms with Gasteiger partial charge in [-0.05, 0) is 57.0 Å². The molecule has 1 aliphatic heterocycles. The first kappa shape index (κ1) is 19.5. The average molecular weight is 374 g/mol. The minimum atomic E-state index is -0.251. The lowest BCUT2D eigenvalue weighted by Gasteiger charge is -2.39. The Morgan fingerprint density at radius 1 is 1.11 bits per heavy atom. The van der Waals surface area contributed by atoms with Crippen LogP contribution in [0.15, 0.2) is 18.2 Å². The maximum absolute atomic E-state index is 12.5. The third-order valence-corrected chi connectivity index (χ3v) is 5.66. The Bertz CT molecular complexity index is 680. The molecule has 3 N–H and O–H groups in total. The highest BCUT2D eigenvalue weighted by Gasteiger charge is 2.40. The van der Waals surface area contributed by atoms with Gasteiger partial charge in [-0.15, -0.1) is 0 Å². The fourth-order valence-electron chi connectivity index (χ4n) is 4.33. The van der Waals surface area contributed by atoms with Crippen LogP contribution in [0.1, 0.15) is 45.4 Å². The minimum Gasteiger partial charge on any atom is -0.495 e. The van der Waals surface area contributed by atoms with E-state index in [1.165, 1.54) is 32.6 Å². The van der Waals surface area contributed by atoms with Gasteiger partial charge in [0.25, 0.3) is 0 Å². The molecule has 1 saturated carbocycles. The second kappa shape index (κ2) is 8.61. The molecule has 1 aliphatic carbocycles. The molecule has 1 aromatic carbocycles. The molecule has 7 heteroatoms. The van der Waals surface area contributed by atoms with Gasteiger partial charge in [0.2, 0.25) is 5.91 Å². The molecule has 2 aliphatic rings. The van der Waals surface area contributed by atoms with Crippen LogP contribution in [0.25, 0.3) is 0 Å². The summed E-state index contributed by atoms with van der Waals surface area (Å²) in [6.07, 6.45) is 7.25. The number of carbonyl (C=O) groups excluding carboxylic acids is 2. The first-order valence-corrected chi connectivity index (χ1v) is 9.78. The van der Waals surface area contributed by atoms with E-state index in [9.17, 15) is 9.59 Å². The van der Waals surface area contributed by atoms with Crippen molar-refractivity contribution in [2.75, 3.05) is 37.4 Å². The first-order chi connectivity index (χ1) is 13.0. The zero-order chi connectivity index (χ0) is 19.3. The number of anilines is 2. The summed E-state index contributed by atoms with van der Waals surface area (Å²) in [5.41, 5.74) is 1.25. The predicted molar refractivity (Wildman–Crippen MR) is 106 cm³/mol. The number of amides is 3. The lowest BCUT2D eigenvalue weighted by Crippen LogP contribution is -2.53. The highest BCUT2D eigenvalue weighted by Crippen LogP contribution is 2.37. The number of rotatable bonds is 6. The fraction of sp³-hybridized carbons (Fsp3) is 0.600. The Labute approximate surface area is 160 Å².